The molecule has 0 aliphatic heterocycles. The average Bonchev–Trinajstić information content (AvgIpc) is 2.15. The third-order valence-corrected chi connectivity index (χ3v) is 2.31. The van der Waals surface area contributed by atoms with E-state index < -0.39 is 18.6 Å². The number of methoxy groups -OCH3 is 1. The molecule has 0 bridgehead atoms. The Morgan fingerprint density at radius 3 is 2.41 bits per heavy atom. The van der Waals surface area contributed by atoms with Crippen molar-refractivity contribution in [1.29, 1.82) is 0 Å². The van der Waals surface area contributed by atoms with E-state index in [4.69, 9.17) is 10.5 Å². The highest BCUT2D eigenvalue weighted by atomic mass is 35.5. The molecule has 2 N–H and O–H groups in total. The molecule has 6 heteroatoms. The second-order valence-electron chi connectivity index (χ2n) is 3.65. The molecule has 0 aliphatic carbocycles. The Hall–Kier alpha value is -0.940. The number of aryl methyl sites for hydroxylation is 1. The predicted octanol–water partition coefficient (Wildman–Crippen LogP) is 3.38. The van der Waals surface area contributed by atoms with E-state index >= 15 is 0 Å². The summed E-state index contributed by atoms with van der Waals surface area (Å²) in [5.74, 6) is 0.551. The normalized spacial score (nSPS) is 12.8. The van der Waals surface area contributed by atoms with Crippen LogP contribution in [0.15, 0.2) is 18.2 Å². The predicted molar refractivity (Wildman–Crippen MR) is 62.6 cm³/mol. The van der Waals surface area contributed by atoms with Crippen molar-refractivity contribution in [3.63, 3.8) is 0 Å². The van der Waals surface area contributed by atoms with Gasteiger partial charge in [0.15, 0.2) is 0 Å². The summed E-state index contributed by atoms with van der Waals surface area (Å²) in [4.78, 5) is 0. The molecule has 0 radical (unpaired) electrons. The van der Waals surface area contributed by atoms with Crippen LogP contribution in [0.1, 0.15) is 23.6 Å². The van der Waals surface area contributed by atoms with Crippen molar-refractivity contribution >= 4 is 12.4 Å². The molecule has 0 fully saturated rings. The number of benzene rings is 1. The van der Waals surface area contributed by atoms with Crippen molar-refractivity contribution in [3.05, 3.63) is 29.3 Å². The Kier molecular flexibility index (Phi) is 5.78. The van der Waals surface area contributed by atoms with E-state index in [0.717, 1.165) is 5.56 Å². The molecule has 0 spiro atoms. The molecular weight excluding hydrogens is 255 g/mol. The van der Waals surface area contributed by atoms with Gasteiger partial charge in [0.25, 0.3) is 0 Å². The molecule has 0 aromatic heterocycles. The van der Waals surface area contributed by atoms with Crippen LogP contribution in [-0.4, -0.2) is 13.3 Å². The largest absolute Gasteiger partial charge is 0.496 e. The molecule has 17 heavy (non-hydrogen) atoms. The molecule has 2 nitrogen and oxygen atoms in total. The molecule has 1 rings (SSSR count). The maximum absolute atomic E-state index is 12.1. The smallest absolute Gasteiger partial charge is 0.390 e. The Labute approximate surface area is 104 Å². The zero-order valence-corrected chi connectivity index (χ0v) is 10.4. The average molecular weight is 270 g/mol. The fourth-order valence-corrected chi connectivity index (χ4v) is 1.43. The van der Waals surface area contributed by atoms with Crippen molar-refractivity contribution in [2.45, 2.75) is 25.6 Å². The van der Waals surface area contributed by atoms with E-state index in [1.54, 1.807) is 18.2 Å². The summed E-state index contributed by atoms with van der Waals surface area (Å²) in [5, 5.41) is 0. The Morgan fingerprint density at radius 2 is 1.94 bits per heavy atom. The molecule has 0 heterocycles. The number of ether oxygens (including phenoxy) is 1. The van der Waals surface area contributed by atoms with E-state index in [0.29, 0.717) is 11.3 Å². The van der Waals surface area contributed by atoms with Crippen molar-refractivity contribution in [3.8, 4) is 5.75 Å². The van der Waals surface area contributed by atoms with Crippen LogP contribution < -0.4 is 10.5 Å². The highest BCUT2D eigenvalue weighted by Crippen LogP contribution is 2.30. The van der Waals surface area contributed by atoms with Gasteiger partial charge in [-0.2, -0.15) is 13.2 Å². The zero-order valence-electron chi connectivity index (χ0n) is 9.54. The SMILES string of the molecule is COc1cc([C@H](N)CC(F)(F)F)ccc1C.Cl. The summed E-state index contributed by atoms with van der Waals surface area (Å²) in [6.07, 6.45) is -5.28. The van der Waals surface area contributed by atoms with Gasteiger partial charge in [0.1, 0.15) is 5.75 Å². The quantitative estimate of drug-likeness (QED) is 0.913. The Morgan fingerprint density at radius 1 is 1.35 bits per heavy atom. The molecule has 0 saturated heterocycles. The minimum absolute atomic E-state index is 0. The van der Waals surface area contributed by atoms with Gasteiger partial charge in [0.05, 0.1) is 13.5 Å². The van der Waals surface area contributed by atoms with E-state index in [1.807, 2.05) is 6.92 Å². The lowest BCUT2D eigenvalue weighted by molar-refractivity contribution is -0.138. The summed E-state index contributed by atoms with van der Waals surface area (Å²) in [6.45, 7) is 1.82. The van der Waals surface area contributed by atoms with Gasteiger partial charge in [-0.3, -0.25) is 0 Å². The van der Waals surface area contributed by atoms with Crippen LogP contribution in [0.3, 0.4) is 0 Å². The molecular formula is C11H15ClF3NO. The van der Waals surface area contributed by atoms with Crippen LogP contribution in [0.2, 0.25) is 0 Å². The van der Waals surface area contributed by atoms with E-state index in [1.165, 1.54) is 7.11 Å². The van der Waals surface area contributed by atoms with Crippen LogP contribution in [0.5, 0.6) is 5.75 Å². The first-order valence-electron chi connectivity index (χ1n) is 4.80. The van der Waals surface area contributed by atoms with Crippen molar-refractivity contribution in [2.24, 2.45) is 5.73 Å². The van der Waals surface area contributed by atoms with Crippen LogP contribution >= 0.6 is 12.4 Å². The van der Waals surface area contributed by atoms with E-state index in [9.17, 15) is 13.2 Å². The van der Waals surface area contributed by atoms with Gasteiger partial charge < -0.3 is 10.5 Å². The summed E-state index contributed by atoms with van der Waals surface area (Å²) >= 11 is 0. The highest BCUT2D eigenvalue weighted by Gasteiger charge is 2.31. The van der Waals surface area contributed by atoms with Gasteiger partial charge in [-0.25, -0.2) is 0 Å². The summed E-state index contributed by atoms with van der Waals surface area (Å²) in [7, 11) is 1.47. The fourth-order valence-electron chi connectivity index (χ4n) is 1.43. The number of halogens is 4. The summed E-state index contributed by atoms with van der Waals surface area (Å²) in [6, 6.07) is 3.79. The van der Waals surface area contributed by atoms with Crippen LogP contribution in [0.25, 0.3) is 0 Å². The number of hydrogen-bond acceptors (Lipinski definition) is 2. The topological polar surface area (TPSA) is 35.2 Å². The second kappa shape index (κ2) is 6.12. The maximum atomic E-state index is 12.1. The first kappa shape index (κ1) is 16.1. The molecule has 0 amide bonds. The number of hydrogen-bond donors (Lipinski definition) is 1. The molecule has 1 atom stereocenters. The van der Waals surface area contributed by atoms with Gasteiger partial charge in [0, 0.05) is 6.04 Å². The van der Waals surface area contributed by atoms with Crippen molar-refractivity contribution in [1.82, 2.24) is 0 Å². The summed E-state index contributed by atoms with van der Waals surface area (Å²) in [5.41, 5.74) is 6.78. The minimum atomic E-state index is -4.25. The van der Waals surface area contributed by atoms with Crippen molar-refractivity contribution in [2.75, 3.05) is 7.11 Å². The van der Waals surface area contributed by atoms with Crippen LogP contribution in [0, 0.1) is 6.92 Å². The highest BCUT2D eigenvalue weighted by molar-refractivity contribution is 5.85. The molecule has 0 aliphatic rings. The molecule has 0 saturated carbocycles. The van der Waals surface area contributed by atoms with Crippen molar-refractivity contribution < 1.29 is 17.9 Å². The third kappa shape index (κ3) is 4.83. The molecule has 1 aromatic carbocycles. The van der Waals surface area contributed by atoms with Gasteiger partial charge >= 0.3 is 6.18 Å². The number of rotatable bonds is 3. The standard InChI is InChI=1S/C11H14F3NO.ClH/c1-7-3-4-8(5-10(7)16-2)9(15)6-11(12,13)14;/h3-5,9H,6,15H2,1-2H3;1H/t9-;/m1./s1. The zero-order chi connectivity index (χ0) is 12.3. The van der Waals surface area contributed by atoms with E-state index in [2.05, 4.69) is 0 Å². The number of nitrogens with two attached hydrogens (primary N) is 1. The monoisotopic (exact) mass is 269 g/mol. The second-order valence-corrected chi connectivity index (χ2v) is 3.65. The lowest BCUT2D eigenvalue weighted by Crippen LogP contribution is -2.20. The van der Waals surface area contributed by atoms with Gasteiger partial charge in [-0.15, -0.1) is 12.4 Å². The lowest BCUT2D eigenvalue weighted by atomic mass is 10.0. The van der Waals surface area contributed by atoms with Gasteiger partial charge in [0.2, 0.25) is 0 Å². The first-order chi connectivity index (χ1) is 7.33. The minimum Gasteiger partial charge on any atom is -0.496 e. The molecule has 98 valence electrons. The van der Waals surface area contributed by atoms with Crippen LogP contribution in [0.4, 0.5) is 13.2 Å². The Bertz CT molecular complexity index is 368. The molecule has 1 aromatic rings. The fraction of sp³-hybridized carbons (Fsp3) is 0.455. The maximum Gasteiger partial charge on any atom is 0.390 e. The van der Waals surface area contributed by atoms with E-state index in [-0.39, 0.29) is 12.4 Å². The Balaban J connectivity index is 0.00000256. The number of alkyl halides is 3. The lowest BCUT2D eigenvalue weighted by Gasteiger charge is -2.16. The van der Waals surface area contributed by atoms with Gasteiger partial charge in [-0.05, 0) is 24.1 Å². The summed E-state index contributed by atoms with van der Waals surface area (Å²) < 4.78 is 41.5. The molecule has 0 unspecified atom stereocenters. The van der Waals surface area contributed by atoms with Crippen LogP contribution in [-0.2, 0) is 0 Å². The van der Waals surface area contributed by atoms with Gasteiger partial charge in [-0.1, -0.05) is 12.1 Å². The third-order valence-electron chi connectivity index (χ3n) is 2.31. The first-order valence-corrected chi connectivity index (χ1v) is 4.80.